The Morgan fingerprint density at radius 1 is 1.31 bits per heavy atom. The molecule has 4 aromatic rings. The molecule has 0 fully saturated rings. The van der Waals surface area contributed by atoms with Gasteiger partial charge in [-0.05, 0) is 30.5 Å². The molecule has 1 N–H and O–H groups in total. The zero-order valence-corrected chi connectivity index (χ0v) is 17.4. The molecule has 1 atom stereocenters. The van der Waals surface area contributed by atoms with Crippen LogP contribution in [0.25, 0.3) is 16.7 Å². The average Bonchev–Trinajstić information content (AvgIpc) is 3.40. The van der Waals surface area contributed by atoms with E-state index in [1.165, 1.54) is 16.3 Å². The molecule has 1 amide bonds. The number of thioether (sulfide) groups is 1. The third-order valence-corrected chi connectivity index (χ3v) is 6.45. The molecule has 3 aromatic heterocycles. The lowest BCUT2D eigenvalue weighted by molar-refractivity contribution is -0.119. The minimum absolute atomic E-state index is 0.0446. The summed E-state index contributed by atoms with van der Waals surface area (Å²) in [6, 6.07) is 11.2. The molecule has 148 valence electrons. The summed E-state index contributed by atoms with van der Waals surface area (Å²) >= 11 is 2.90. The van der Waals surface area contributed by atoms with Crippen molar-refractivity contribution >= 4 is 45.7 Å². The van der Waals surface area contributed by atoms with Gasteiger partial charge in [-0.15, -0.1) is 28.1 Å². The van der Waals surface area contributed by atoms with E-state index >= 15 is 0 Å². The molecule has 0 saturated heterocycles. The van der Waals surface area contributed by atoms with E-state index in [-0.39, 0.29) is 23.3 Å². The molecular weight excluding hydrogens is 406 g/mol. The van der Waals surface area contributed by atoms with Crippen molar-refractivity contribution < 1.29 is 4.79 Å². The van der Waals surface area contributed by atoms with Gasteiger partial charge in [-0.2, -0.15) is 0 Å². The minimum Gasteiger partial charge on any atom is -0.348 e. The van der Waals surface area contributed by atoms with Gasteiger partial charge in [-0.3, -0.25) is 18.6 Å². The quantitative estimate of drug-likeness (QED) is 0.363. The van der Waals surface area contributed by atoms with E-state index in [0.29, 0.717) is 28.4 Å². The zero-order chi connectivity index (χ0) is 20.4. The summed E-state index contributed by atoms with van der Waals surface area (Å²) in [5, 5.41) is 14.6. The molecule has 1 unspecified atom stereocenters. The second kappa shape index (κ2) is 8.22. The molecule has 4 rings (SSSR count). The SMILES string of the molecule is C=CCn1c(=O)c2ccccc2n2c(SCC(=O)NC(C)c3cccs3)nnc12. The Hall–Kier alpha value is -2.91. The van der Waals surface area contributed by atoms with Crippen molar-refractivity contribution in [2.45, 2.75) is 24.7 Å². The highest BCUT2D eigenvalue weighted by atomic mass is 32.2. The number of amides is 1. The largest absolute Gasteiger partial charge is 0.348 e. The molecule has 3 heterocycles. The van der Waals surface area contributed by atoms with Crippen LogP contribution in [-0.4, -0.2) is 30.8 Å². The van der Waals surface area contributed by atoms with Crippen LogP contribution in [0.5, 0.6) is 0 Å². The van der Waals surface area contributed by atoms with Crippen molar-refractivity contribution in [1.29, 1.82) is 0 Å². The number of hydrogen-bond donors (Lipinski definition) is 1. The highest BCUT2D eigenvalue weighted by Crippen LogP contribution is 2.22. The fourth-order valence-electron chi connectivity index (χ4n) is 3.14. The summed E-state index contributed by atoms with van der Waals surface area (Å²) in [4.78, 5) is 26.3. The smallest absolute Gasteiger partial charge is 0.263 e. The molecule has 0 bridgehead atoms. The van der Waals surface area contributed by atoms with Gasteiger partial charge >= 0.3 is 0 Å². The lowest BCUT2D eigenvalue weighted by Gasteiger charge is -2.12. The zero-order valence-electron chi connectivity index (χ0n) is 15.7. The molecule has 0 spiro atoms. The first-order chi connectivity index (χ1) is 14.1. The monoisotopic (exact) mass is 425 g/mol. The van der Waals surface area contributed by atoms with Crippen LogP contribution in [0.2, 0.25) is 0 Å². The van der Waals surface area contributed by atoms with Crippen LogP contribution >= 0.6 is 23.1 Å². The van der Waals surface area contributed by atoms with E-state index in [1.54, 1.807) is 23.5 Å². The highest BCUT2D eigenvalue weighted by Gasteiger charge is 2.17. The second-order valence-electron chi connectivity index (χ2n) is 6.43. The number of hydrogen-bond acceptors (Lipinski definition) is 6. The lowest BCUT2D eigenvalue weighted by atomic mass is 10.2. The maximum Gasteiger partial charge on any atom is 0.263 e. The van der Waals surface area contributed by atoms with Crippen LogP contribution in [0.3, 0.4) is 0 Å². The molecule has 9 heteroatoms. The fraction of sp³-hybridized carbons (Fsp3) is 0.200. The molecule has 0 aliphatic rings. The standard InChI is InChI=1S/C20H19N5O2S2/c1-3-10-24-18(27)14-7-4-5-8-15(14)25-19(24)22-23-20(25)29-12-17(26)21-13(2)16-9-6-11-28-16/h3-9,11,13H,1,10,12H2,2H3,(H,21,26). The molecule has 0 radical (unpaired) electrons. The molecular formula is C20H19N5O2S2. The highest BCUT2D eigenvalue weighted by molar-refractivity contribution is 7.99. The van der Waals surface area contributed by atoms with Crippen molar-refractivity contribution in [1.82, 2.24) is 24.5 Å². The molecule has 29 heavy (non-hydrogen) atoms. The van der Waals surface area contributed by atoms with E-state index in [0.717, 1.165) is 4.88 Å². The normalized spacial score (nSPS) is 12.3. The predicted molar refractivity (Wildman–Crippen MR) is 117 cm³/mol. The lowest BCUT2D eigenvalue weighted by Crippen LogP contribution is -2.27. The summed E-state index contributed by atoms with van der Waals surface area (Å²) < 4.78 is 3.35. The van der Waals surface area contributed by atoms with Gasteiger partial charge in [0.25, 0.3) is 5.56 Å². The Labute approximate surface area is 175 Å². The van der Waals surface area contributed by atoms with Gasteiger partial charge in [0.05, 0.1) is 22.7 Å². The van der Waals surface area contributed by atoms with Gasteiger partial charge in [0.2, 0.25) is 11.7 Å². The summed E-state index contributed by atoms with van der Waals surface area (Å²) in [6.07, 6.45) is 1.65. The third-order valence-electron chi connectivity index (χ3n) is 4.47. The van der Waals surface area contributed by atoms with Crippen LogP contribution in [-0.2, 0) is 11.3 Å². The first-order valence-electron chi connectivity index (χ1n) is 9.03. The van der Waals surface area contributed by atoms with Crippen molar-refractivity contribution in [2.75, 3.05) is 5.75 Å². The number of para-hydroxylation sites is 1. The molecule has 1 aromatic carbocycles. The van der Waals surface area contributed by atoms with Crippen LogP contribution in [0.4, 0.5) is 0 Å². The van der Waals surface area contributed by atoms with Gasteiger partial charge in [0, 0.05) is 11.4 Å². The Morgan fingerprint density at radius 3 is 2.90 bits per heavy atom. The number of nitrogens with one attached hydrogen (secondary N) is 1. The van der Waals surface area contributed by atoms with Gasteiger partial charge in [0.1, 0.15) is 0 Å². The Balaban J connectivity index is 1.64. The van der Waals surface area contributed by atoms with Crippen molar-refractivity contribution in [3.63, 3.8) is 0 Å². The minimum atomic E-state index is -0.139. The number of carbonyl (C=O) groups is 1. The number of allylic oxidation sites excluding steroid dienone is 1. The maximum absolute atomic E-state index is 12.8. The van der Waals surface area contributed by atoms with Crippen LogP contribution in [0.15, 0.2) is 64.4 Å². The van der Waals surface area contributed by atoms with Gasteiger partial charge in [0.15, 0.2) is 5.16 Å². The number of aromatic nitrogens is 4. The summed E-state index contributed by atoms with van der Waals surface area (Å²) in [5.41, 5.74) is 0.576. The first-order valence-corrected chi connectivity index (χ1v) is 10.9. The predicted octanol–water partition coefficient (Wildman–Crippen LogP) is 3.26. The second-order valence-corrected chi connectivity index (χ2v) is 8.35. The Kier molecular flexibility index (Phi) is 5.50. The van der Waals surface area contributed by atoms with E-state index in [4.69, 9.17) is 0 Å². The van der Waals surface area contributed by atoms with E-state index in [1.807, 2.05) is 47.0 Å². The first kappa shape index (κ1) is 19.4. The summed E-state index contributed by atoms with van der Waals surface area (Å²) in [6.45, 7) is 6.01. The number of benzene rings is 1. The Bertz CT molecular complexity index is 1240. The topological polar surface area (TPSA) is 81.3 Å². The fourth-order valence-corrected chi connectivity index (χ4v) is 4.63. The molecule has 0 aliphatic carbocycles. The third kappa shape index (κ3) is 3.70. The van der Waals surface area contributed by atoms with E-state index in [2.05, 4.69) is 22.1 Å². The number of thiophene rings is 1. The van der Waals surface area contributed by atoms with Gasteiger partial charge in [-0.25, -0.2) is 0 Å². The molecule has 0 saturated carbocycles. The molecule has 0 aliphatic heterocycles. The van der Waals surface area contributed by atoms with Crippen molar-refractivity contribution in [2.24, 2.45) is 0 Å². The van der Waals surface area contributed by atoms with Gasteiger partial charge < -0.3 is 5.32 Å². The van der Waals surface area contributed by atoms with Crippen LogP contribution < -0.4 is 10.9 Å². The van der Waals surface area contributed by atoms with Crippen LogP contribution in [0.1, 0.15) is 17.8 Å². The molecule has 7 nitrogen and oxygen atoms in total. The van der Waals surface area contributed by atoms with E-state index in [9.17, 15) is 9.59 Å². The summed E-state index contributed by atoms with van der Waals surface area (Å²) in [5.74, 6) is 0.547. The van der Waals surface area contributed by atoms with E-state index < -0.39 is 0 Å². The van der Waals surface area contributed by atoms with Crippen molar-refractivity contribution in [3.05, 3.63) is 69.7 Å². The van der Waals surface area contributed by atoms with Crippen LogP contribution in [0, 0.1) is 0 Å². The Morgan fingerprint density at radius 2 is 2.14 bits per heavy atom. The number of nitrogens with zero attached hydrogens (tertiary/aromatic N) is 4. The number of fused-ring (bicyclic) bond motifs is 3. The number of rotatable bonds is 7. The van der Waals surface area contributed by atoms with Crippen molar-refractivity contribution in [3.8, 4) is 0 Å². The maximum atomic E-state index is 12.8. The van der Waals surface area contributed by atoms with Gasteiger partial charge in [-0.1, -0.05) is 36.0 Å². The summed E-state index contributed by atoms with van der Waals surface area (Å²) in [7, 11) is 0. The average molecular weight is 426 g/mol. The number of carbonyl (C=O) groups excluding carboxylic acids is 1.